The number of fused-ring (bicyclic) bond motifs is 1. The van der Waals surface area contributed by atoms with E-state index in [-0.39, 0.29) is 0 Å². The Morgan fingerprint density at radius 3 is 2.67 bits per heavy atom. The molecule has 1 aromatic heterocycles. The topological polar surface area (TPSA) is 46.6 Å². The van der Waals surface area contributed by atoms with E-state index in [9.17, 15) is 0 Å². The van der Waals surface area contributed by atoms with E-state index < -0.39 is 0 Å². The van der Waals surface area contributed by atoms with Gasteiger partial charge in [0.15, 0.2) is 11.5 Å². The lowest BCUT2D eigenvalue weighted by Crippen LogP contribution is -2.34. The second kappa shape index (κ2) is 5.77. The Balaban J connectivity index is 2.09. The van der Waals surface area contributed by atoms with Crippen LogP contribution in [0.5, 0.6) is 11.5 Å². The van der Waals surface area contributed by atoms with Gasteiger partial charge >= 0.3 is 0 Å². The lowest BCUT2D eigenvalue weighted by atomic mass is 10.1. The molecule has 1 aromatic carbocycles. The van der Waals surface area contributed by atoms with Gasteiger partial charge in [0.25, 0.3) is 0 Å². The Hall–Kier alpha value is -2.01. The predicted octanol–water partition coefficient (Wildman–Crippen LogP) is 2.05. The highest BCUT2D eigenvalue weighted by Crippen LogP contribution is 2.35. The molecular weight excluding hydrogens is 266 g/mol. The number of nitrogens with zero attached hydrogens (tertiary/aromatic N) is 2. The van der Waals surface area contributed by atoms with Gasteiger partial charge in [0.1, 0.15) is 5.82 Å². The molecule has 1 atom stereocenters. The predicted molar refractivity (Wildman–Crippen MR) is 84.5 cm³/mol. The van der Waals surface area contributed by atoms with Crippen molar-refractivity contribution in [2.45, 2.75) is 12.5 Å². The summed E-state index contributed by atoms with van der Waals surface area (Å²) in [4.78, 5) is 6.84. The van der Waals surface area contributed by atoms with Crippen LogP contribution in [-0.2, 0) is 0 Å². The van der Waals surface area contributed by atoms with E-state index in [0.29, 0.717) is 6.04 Å². The molecule has 1 fully saturated rings. The molecule has 5 heteroatoms. The van der Waals surface area contributed by atoms with E-state index >= 15 is 0 Å². The van der Waals surface area contributed by atoms with Crippen molar-refractivity contribution < 1.29 is 9.47 Å². The number of aromatic nitrogens is 1. The normalized spacial score (nSPS) is 18.0. The van der Waals surface area contributed by atoms with Gasteiger partial charge < -0.3 is 19.7 Å². The van der Waals surface area contributed by atoms with Crippen molar-refractivity contribution in [3.63, 3.8) is 0 Å². The molecular formula is C16H21N3O2. The molecule has 21 heavy (non-hydrogen) atoms. The summed E-state index contributed by atoms with van der Waals surface area (Å²) in [6.45, 7) is 2.07. The quantitative estimate of drug-likeness (QED) is 0.932. The number of benzene rings is 1. The maximum absolute atomic E-state index is 5.42. The molecule has 0 amide bonds. The van der Waals surface area contributed by atoms with Gasteiger partial charge in [-0.3, -0.25) is 0 Å². The highest BCUT2D eigenvalue weighted by Gasteiger charge is 2.22. The van der Waals surface area contributed by atoms with Gasteiger partial charge in [0, 0.05) is 31.2 Å². The second-order valence-corrected chi connectivity index (χ2v) is 5.32. The van der Waals surface area contributed by atoms with Gasteiger partial charge in [0.05, 0.1) is 14.2 Å². The molecule has 1 saturated heterocycles. The Bertz CT molecular complexity index is 639. The number of pyridine rings is 1. The number of hydrogen-bond acceptors (Lipinski definition) is 5. The van der Waals surface area contributed by atoms with Crippen molar-refractivity contribution in [3.8, 4) is 11.5 Å². The van der Waals surface area contributed by atoms with Crippen molar-refractivity contribution >= 4 is 16.6 Å². The summed E-state index contributed by atoms with van der Waals surface area (Å²) in [5.41, 5.74) is 0. The van der Waals surface area contributed by atoms with Crippen LogP contribution in [0.3, 0.4) is 0 Å². The number of likely N-dealkylation sites (N-methyl/N-ethyl adjacent to an activating group) is 1. The van der Waals surface area contributed by atoms with Gasteiger partial charge in [-0.25, -0.2) is 4.98 Å². The molecule has 2 heterocycles. The molecule has 2 aromatic rings. The first-order chi connectivity index (χ1) is 10.2. The molecule has 1 N–H and O–H groups in total. The summed E-state index contributed by atoms with van der Waals surface area (Å²) >= 11 is 0. The molecule has 1 aliphatic heterocycles. The summed E-state index contributed by atoms with van der Waals surface area (Å²) in [5, 5.41) is 5.59. The first-order valence-electron chi connectivity index (χ1n) is 7.19. The summed E-state index contributed by atoms with van der Waals surface area (Å²) in [6, 6.07) is 6.49. The van der Waals surface area contributed by atoms with Crippen molar-refractivity contribution in [2.24, 2.45) is 0 Å². The van der Waals surface area contributed by atoms with Crippen LogP contribution in [-0.4, -0.2) is 45.4 Å². The van der Waals surface area contributed by atoms with Gasteiger partial charge in [-0.15, -0.1) is 0 Å². The molecule has 0 spiro atoms. The molecule has 0 bridgehead atoms. The van der Waals surface area contributed by atoms with Gasteiger partial charge in [0.2, 0.25) is 0 Å². The van der Waals surface area contributed by atoms with E-state index in [2.05, 4.69) is 22.2 Å². The minimum absolute atomic E-state index is 0.483. The molecule has 0 saturated carbocycles. The Morgan fingerprint density at radius 2 is 2.00 bits per heavy atom. The summed E-state index contributed by atoms with van der Waals surface area (Å²) in [5.74, 6) is 2.46. The van der Waals surface area contributed by atoms with Crippen LogP contribution in [0.4, 0.5) is 5.82 Å². The van der Waals surface area contributed by atoms with Crippen molar-refractivity contribution in [3.05, 3.63) is 24.4 Å². The van der Waals surface area contributed by atoms with E-state index in [1.54, 1.807) is 14.2 Å². The SMILES string of the molecule is COc1cc2ccnc(N(C)C3CCNC3)c2cc1OC. The molecule has 1 unspecified atom stereocenters. The fraction of sp³-hybridized carbons (Fsp3) is 0.438. The number of ether oxygens (including phenoxy) is 2. The Kier molecular flexibility index (Phi) is 3.84. The minimum atomic E-state index is 0.483. The van der Waals surface area contributed by atoms with Crippen LogP contribution in [0, 0.1) is 0 Å². The van der Waals surface area contributed by atoms with Crippen LogP contribution in [0.15, 0.2) is 24.4 Å². The number of rotatable bonds is 4. The third-order valence-electron chi connectivity index (χ3n) is 4.16. The molecule has 112 valence electrons. The molecule has 0 radical (unpaired) electrons. The van der Waals surface area contributed by atoms with Crippen molar-refractivity contribution in [1.29, 1.82) is 0 Å². The number of methoxy groups -OCH3 is 2. The van der Waals surface area contributed by atoms with Crippen LogP contribution < -0.4 is 19.7 Å². The molecule has 3 rings (SSSR count). The van der Waals surface area contributed by atoms with Crippen molar-refractivity contribution in [1.82, 2.24) is 10.3 Å². The van der Waals surface area contributed by atoms with Crippen LogP contribution in [0.2, 0.25) is 0 Å². The van der Waals surface area contributed by atoms with Crippen LogP contribution >= 0.6 is 0 Å². The van der Waals surface area contributed by atoms with Crippen LogP contribution in [0.1, 0.15) is 6.42 Å². The average Bonchev–Trinajstić information content (AvgIpc) is 3.06. The van der Waals surface area contributed by atoms with E-state index in [4.69, 9.17) is 9.47 Å². The third kappa shape index (κ3) is 2.49. The first kappa shape index (κ1) is 13.9. The fourth-order valence-electron chi connectivity index (χ4n) is 2.91. The van der Waals surface area contributed by atoms with Crippen molar-refractivity contribution in [2.75, 3.05) is 39.3 Å². The maximum Gasteiger partial charge on any atom is 0.161 e. The first-order valence-corrected chi connectivity index (χ1v) is 7.19. The summed E-state index contributed by atoms with van der Waals surface area (Å²) < 4.78 is 10.8. The summed E-state index contributed by atoms with van der Waals surface area (Å²) in [7, 11) is 5.42. The average molecular weight is 287 g/mol. The minimum Gasteiger partial charge on any atom is -0.493 e. The second-order valence-electron chi connectivity index (χ2n) is 5.32. The number of hydrogen-bond donors (Lipinski definition) is 1. The summed E-state index contributed by atoms with van der Waals surface area (Å²) in [6.07, 6.45) is 2.99. The number of nitrogens with one attached hydrogen (secondary N) is 1. The Labute approximate surface area is 124 Å². The van der Waals surface area contributed by atoms with Gasteiger partial charge in [-0.05, 0) is 36.6 Å². The monoisotopic (exact) mass is 287 g/mol. The fourth-order valence-corrected chi connectivity index (χ4v) is 2.91. The zero-order chi connectivity index (χ0) is 14.8. The zero-order valence-corrected chi connectivity index (χ0v) is 12.7. The highest BCUT2D eigenvalue weighted by atomic mass is 16.5. The van der Waals surface area contributed by atoms with E-state index in [1.807, 2.05) is 24.4 Å². The largest absolute Gasteiger partial charge is 0.493 e. The lowest BCUT2D eigenvalue weighted by molar-refractivity contribution is 0.356. The smallest absolute Gasteiger partial charge is 0.161 e. The lowest BCUT2D eigenvalue weighted by Gasteiger charge is -2.26. The third-order valence-corrected chi connectivity index (χ3v) is 4.16. The number of anilines is 1. The standard InChI is InChI=1S/C16H21N3O2/c1-19(12-5-6-17-10-12)16-13-9-15(21-3)14(20-2)8-11(13)4-7-18-16/h4,7-9,12,17H,5-6,10H2,1-3H3. The maximum atomic E-state index is 5.42. The van der Waals surface area contributed by atoms with Gasteiger partial charge in [-0.1, -0.05) is 0 Å². The zero-order valence-electron chi connectivity index (χ0n) is 12.7. The highest BCUT2D eigenvalue weighted by molar-refractivity contribution is 5.94. The molecule has 0 aliphatic carbocycles. The molecule has 5 nitrogen and oxygen atoms in total. The molecule has 1 aliphatic rings. The Morgan fingerprint density at radius 1 is 1.24 bits per heavy atom. The van der Waals surface area contributed by atoms with Crippen LogP contribution in [0.25, 0.3) is 10.8 Å². The van der Waals surface area contributed by atoms with Gasteiger partial charge in [-0.2, -0.15) is 0 Å². The van der Waals surface area contributed by atoms with E-state index in [1.165, 1.54) is 0 Å². The van der Waals surface area contributed by atoms with E-state index in [0.717, 1.165) is 47.6 Å².